The highest BCUT2D eigenvalue weighted by molar-refractivity contribution is 5.89. The first kappa shape index (κ1) is 24.6. The number of imidazole rings is 1. The van der Waals surface area contributed by atoms with Gasteiger partial charge >= 0.3 is 0 Å². The lowest BCUT2D eigenvalue weighted by molar-refractivity contribution is -0.138. The molecule has 1 aliphatic heterocycles. The van der Waals surface area contributed by atoms with Gasteiger partial charge in [0.25, 0.3) is 6.43 Å². The van der Waals surface area contributed by atoms with Gasteiger partial charge in [0, 0.05) is 50.3 Å². The van der Waals surface area contributed by atoms with Crippen molar-refractivity contribution in [3.8, 4) is 11.3 Å². The van der Waals surface area contributed by atoms with Gasteiger partial charge in [-0.1, -0.05) is 6.92 Å². The molecule has 4 rings (SSSR count). The minimum atomic E-state index is -2.75. The average molecular weight is 492 g/mol. The zero-order chi connectivity index (χ0) is 25.3. The molecule has 1 atom stereocenters. The molecule has 0 radical (unpaired) electrons. The van der Waals surface area contributed by atoms with Crippen molar-refractivity contribution < 1.29 is 31.9 Å². The van der Waals surface area contributed by atoms with Gasteiger partial charge in [-0.2, -0.15) is 0 Å². The summed E-state index contributed by atoms with van der Waals surface area (Å²) in [6.45, 7) is 3.98. The van der Waals surface area contributed by atoms with E-state index in [1.165, 1.54) is 23.6 Å². The summed E-state index contributed by atoms with van der Waals surface area (Å²) in [7, 11) is 0. The van der Waals surface area contributed by atoms with E-state index in [2.05, 4.69) is 10.3 Å². The summed E-state index contributed by atoms with van der Waals surface area (Å²) in [6, 6.07) is 4.32. The molecular formula is C24H24F4N4O3. The molecule has 35 heavy (non-hydrogen) atoms. The molecule has 1 N–H and O–H groups in total. The van der Waals surface area contributed by atoms with Crippen LogP contribution in [0.5, 0.6) is 0 Å². The highest BCUT2D eigenvalue weighted by Crippen LogP contribution is 2.33. The fourth-order valence-corrected chi connectivity index (χ4v) is 4.23. The molecule has 0 saturated carbocycles. The van der Waals surface area contributed by atoms with Gasteiger partial charge in [0.1, 0.15) is 17.3 Å². The molecule has 1 fully saturated rings. The van der Waals surface area contributed by atoms with Crippen LogP contribution in [0, 0.1) is 11.6 Å². The third-order valence-electron chi connectivity index (χ3n) is 5.82. The number of aromatic nitrogens is 2. The summed E-state index contributed by atoms with van der Waals surface area (Å²) in [5.74, 6) is -2.48. The number of amides is 2. The number of alkyl halides is 2. The molecule has 0 unspecified atom stereocenters. The van der Waals surface area contributed by atoms with Gasteiger partial charge < -0.3 is 19.4 Å². The fraction of sp³-hybridized carbons (Fsp3) is 0.375. The lowest BCUT2D eigenvalue weighted by atomic mass is 10.0. The van der Waals surface area contributed by atoms with E-state index in [1.54, 1.807) is 11.8 Å². The largest absolute Gasteiger partial charge is 0.374 e. The third kappa shape index (κ3) is 5.14. The molecule has 1 saturated heterocycles. The summed E-state index contributed by atoms with van der Waals surface area (Å²) >= 11 is 0. The van der Waals surface area contributed by atoms with E-state index in [-0.39, 0.29) is 41.5 Å². The number of carbonyl (C=O) groups excluding carboxylic acids is 2. The van der Waals surface area contributed by atoms with Crippen molar-refractivity contribution in [3.05, 3.63) is 53.4 Å². The Morgan fingerprint density at radius 1 is 1.23 bits per heavy atom. The standard InChI is InChI=1S/C24H24F4N4O3/c1-3-21(34)31-6-7-35-16(12-31)11-19-23(30-20-8-14(24(27)28)4-5-32(19)20)22-17(25)9-15(10-18(22)26)29-13(2)33/h4-5,8-10,16,24H,3,6-7,11-12H2,1-2H3,(H,29,33)/t16-/m0/s1. The number of anilines is 1. The second-order valence-corrected chi connectivity index (χ2v) is 8.28. The van der Waals surface area contributed by atoms with E-state index >= 15 is 8.78 Å². The van der Waals surface area contributed by atoms with Gasteiger partial charge in [-0.15, -0.1) is 0 Å². The van der Waals surface area contributed by atoms with E-state index < -0.39 is 35.6 Å². The maximum Gasteiger partial charge on any atom is 0.264 e. The Hall–Kier alpha value is -3.47. The predicted octanol–water partition coefficient (Wildman–Crippen LogP) is 4.36. The van der Waals surface area contributed by atoms with Crippen LogP contribution < -0.4 is 5.32 Å². The van der Waals surface area contributed by atoms with Crippen LogP contribution in [0.4, 0.5) is 23.2 Å². The first-order chi connectivity index (χ1) is 16.7. The summed E-state index contributed by atoms with van der Waals surface area (Å²) in [5, 5.41) is 2.33. The number of benzene rings is 1. The molecule has 2 amide bonds. The van der Waals surface area contributed by atoms with E-state index in [9.17, 15) is 18.4 Å². The zero-order valence-corrected chi connectivity index (χ0v) is 19.2. The molecule has 3 heterocycles. The Morgan fingerprint density at radius 2 is 1.94 bits per heavy atom. The molecule has 1 aromatic carbocycles. The predicted molar refractivity (Wildman–Crippen MR) is 120 cm³/mol. The number of nitrogens with zero attached hydrogens (tertiary/aromatic N) is 3. The van der Waals surface area contributed by atoms with Crippen LogP contribution >= 0.6 is 0 Å². The van der Waals surface area contributed by atoms with Gasteiger partial charge in [0.2, 0.25) is 11.8 Å². The number of ether oxygens (including phenoxy) is 1. The van der Waals surface area contributed by atoms with Crippen LogP contribution in [0.1, 0.15) is 38.0 Å². The quantitative estimate of drug-likeness (QED) is 0.519. The number of morpholine rings is 1. The van der Waals surface area contributed by atoms with Crippen LogP contribution in [0.15, 0.2) is 30.5 Å². The number of fused-ring (bicyclic) bond motifs is 1. The van der Waals surface area contributed by atoms with Gasteiger partial charge in [-0.3, -0.25) is 9.59 Å². The number of carbonyl (C=O) groups is 2. The first-order valence-electron chi connectivity index (χ1n) is 11.1. The minimum Gasteiger partial charge on any atom is -0.374 e. The highest BCUT2D eigenvalue weighted by atomic mass is 19.3. The maximum atomic E-state index is 15.1. The number of rotatable bonds is 6. The van der Waals surface area contributed by atoms with Crippen LogP contribution in [0.3, 0.4) is 0 Å². The van der Waals surface area contributed by atoms with Crippen molar-refractivity contribution in [2.45, 2.75) is 39.2 Å². The summed E-state index contributed by atoms with van der Waals surface area (Å²) in [6.07, 6.45) is -1.39. The topological polar surface area (TPSA) is 75.9 Å². The van der Waals surface area contributed by atoms with E-state index in [1.807, 2.05) is 0 Å². The van der Waals surface area contributed by atoms with Gasteiger partial charge in [-0.05, 0) is 24.3 Å². The molecule has 0 spiro atoms. The second kappa shape index (κ2) is 10.0. The third-order valence-corrected chi connectivity index (χ3v) is 5.82. The molecular weight excluding hydrogens is 468 g/mol. The molecule has 11 heteroatoms. The van der Waals surface area contributed by atoms with Gasteiger partial charge in [0.15, 0.2) is 0 Å². The Balaban J connectivity index is 1.80. The molecule has 1 aliphatic rings. The van der Waals surface area contributed by atoms with Crippen molar-refractivity contribution in [2.75, 3.05) is 25.0 Å². The lowest BCUT2D eigenvalue weighted by Crippen LogP contribution is -2.46. The maximum absolute atomic E-state index is 15.1. The Morgan fingerprint density at radius 3 is 2.57 bits per heavy atom. The number of hydrogen-bond donors (Lipinski definition) is 1. The number of hydrogen-bond acceptors (Lipinski definition) is 4. The molecule has 7 nitrogen and oxygen atoms in total. The highest BCUT2D eigenvalue weighted by Gasteiger charge is 2.28. The minimum absolute atomic E-state index is 0.0381. The van der Waals surface area contributed by atoms with Crippen molar-refractivity contribution in [2.24, 2.45) is 0 Å². The van der Waals surface area contributed by atoms with Crippen molar-refractivity contribution in [3.63, 3.8) is 0 Å². The Labute approximate surface area is 198 Å². The van der Waals surface area contributed by atoms with Crippen LogP contribution in [-0.2, 0) is 20.7 Å². The zero-order valence-electron chi connectivity index (χ0n) is 19.2. The van der Waals surface area contributed by atoms with E-state index in [0.29, 0.717) is 25.3 Å². The summed E-state index contributed by atoms with van der Waals surface area (Å²) in [5.41, 5.74) is -0.421. The molecule has 0 bridgehead atoms. The monoisotopic (exact) mass is 492 g/mol. The van der Waals surface area contributed by atoms with E-state index in [4.69, 9.17) is 4.74 Å². The second-order valence-electron chi connectivity index (χ2n) is 8.28. The fourth-order valence-electron chi connectivity index (χ4n) is 4.23. The number of nitrogens with one attached hydrogen (secondary N) is 1. The number of halogens is 4. The molecule has 186 valence electrons. The average Bonchev–Trinajstić information content (AvgIpc) is 3.14. The van der Waals surface area contributed by atoms with Crippen LogP contribution in [-0.4, -0.2) is 51.9 Å². The van der Waals surface area contributed by atoms with Gasteiger partial charge in [0.05, 0.1) is 29.7 Å². The van der Waals surface area contributed by atoms with Crippen molar-refractivity contribution in [1.82, 2.24) is 14.3 Å². The normalized spacial score (nSPS) is 16.2. The Kier molecular flexibility index (Phi) is 7.06. The number of pyridine rings is 1. The van der Waals surface area contributed by atoms with E-state index in [0.717, 1.165) is 18.2 Å². The smallest absolute Gasteiger partial charge is 0.264 e. The van der Waals surface area contributed by atoms with Crippen LogP contribution in [0.25, 0.3) is 16.9 Å². The Bertz CT molecular complexity index is 1250. The summed E-state index contributed by atoms with van der Waals surface area (Å²) in [4.78, 5) is 29.4. The van der Waals surface area contributed by atoms with Crippen LogP contribution in [0.2, 0.25) is 0 Å². The molecule has 2 aromatic heterocycles. The molecule has 3 aromatic rings. The van der Waals surface area contributed by atoms with Crippen molar-refractivity contribution >= 4 is 23.1 Å². The van der Waals surface area contributed by atoms with Gasteiger partial charge in [-0.25, -0.2) is 22.5 Å². The summed E-state index contributed by atoms with van der Waals surface area (Å²) < 4.78 is 64.1. The SMILES string of the molecule is CCC(=O)N1CCO[C@@H](Cc2c(-c3c(F)cc(NC(C)=O)cc3F)nc3cc(C(F)F)ccn23)C1. The van der Waals surface area contributed by atoms with Crippen molar-refractivity contribution in [1.29, 1.82) is 0 Å². The first-order valence-corrected chi connectivity index (χ1v) is 11.1. The lowest BCUT2D eigenvalue weighted by Gasteiger charge is -2.33. The molecule has 0 aliphatic carbocycles.